The van der Waals surface area contributed by atoms with Crippen LogP contribution in [0.1, 0.15) is 22.5 Å². The zero-order chi connectivity index (χ0) is 23.2. The van der Waals surface area contributed by atoms with Crippen LogP contribution in [0.3, 0.4) is 0 Å². The number of fused-ring (bicyclic) bond motifs is 1. The number of nitrogens with one attached hydrogen (secondary N) is 1. The standard InChI is InChI=1S/C23H18ClF3N4O2/c24-20-19(22(32)30-8-6-17(12-30)28-16-4-2-1-3-5-16)29-21-18(23(25,26)27)10-15(11-31(20)21)14-7-9-33-13-14/h1-5,7,9-11,13,17,28H,6,8,12H2. The average molecular weight is 475 g/mol. The molecule has 10 heteroatoms. The zero-order valence-electron chi connectivity index (χ0n) is 17.1. The van der Waals surface area contributed by atoms with Crippen LogP contribution in [0.25, 0.3) is 16.8 Å². The molecule has 0 bridgehead atoms. The second kappa shape index (κ2) is 8.15. The molecule has 0 radical (unpaired) electrons. The van der Waals surface area contributed by atoms with Gasteiger partial charge >= 0.3 is 6.18 Å². The van der Waals surface area contributed by atoms with Gasteiger partial charge in [-0.1, -0.05) is 29.8 Å². The van der Waals surface area contributed by atoms with Gasteiger partial charge in [0.15, 0.2) is 11.3 Å². The number of hydrogen-bond donors (Lipinski definition) is 1. The van der Waals surface area contributed by atoms with Crippen molar-refractivity contribution in [3.8, 4) is 11.1 Å². The number of imidazole rings is 1. The molecule has 1 N–H and O–H groups in total. The molecule has 5 rings (SSSR count). The van der Waals surface area contributed by atoms with Gasteiger partial charge in [-0.3, -0.25) is 9.20 Å². The zero-order valence-corrected chi connectivity index (χ0v) is 17.9. The van der Waals surface area contributed by atoms with Gasteiger partial charge in [-0.05, 0) is 30.7 Å². The van der Waals surface area contributed by atoms with E-state index in [0.29, 0.717) is 25.1 Å². The maximum atomic E-state index is 13.8. The topological polar surface area (TPSA) is 62.8 Å². The van der Waals surface area contributed by atoms with Crippen LogP contribution in [-0.4, -0.2) is 39.3 Å². The number of rotatable bonds is 4. The van der Waals surface area contributed by atoms with Gasteiger partial charge < -0.3 is 14.6 Å². The summed E-state index contributed by atoms with van der Waals surface area (Å²) in [4.78, 5) is 18.7. The van der Waals surface area contributed by atoms with Crippen LogP contribution in [-0.2, 0) is 6.18 Å². The maximum Gasteiger partial charge on any atom is 0.420 e. The van der Waals surface area contributed by atoms with Crippen molar-refractivity contribution in [2.75, 3.05) is 18.4 Å². The molecule has 1 amide bonds. The van der Waals surface area contributed by atoms with Crippen molar-refractivity contribution in [3.05, 3.63) is 77.6 Å². The number of pyridine rings is 1. The van der Waals surface area contributed by atoms with Crippen LogP contribution in [0.2, 0.25) is 5.15 Å². The number of amides is 1. The van der Waals surface area contributed by atoms with Gasteiger partial charge in [0.2, 0.25) is 0 Å². The molecule has 3 aromatic heterocycles. The molecule has 0 saturated carbocycles. The first-order chi connectivity index (χ1) is 15.8. The van der Waals surface area contributed by atoms with Crippen molar-refractivity contribution in [1.29, 1.82) is 0 Å². The third kappa shape index (κ3) is 4.04. The average Bonchev–Trinajstić information content (AvgIpc) is 3.54. The molecule has 4 aromatic rings. The summed E-state index contributed by atoms with van der Waals surface area (Å²) in [5, 5.41) is 3.20. The molecule has 1 fully saturated rings. The van der Waals surface area contributed by atoms with Crippen molar-refractivity contribution in [3.63, 3.8) is 0 Å². The van der Waals surface area contributed by atoms with E-state index in [1.807, 2.05) is 30.3 Å². The minimum atomic E-state index is -4.69. The molecular formula is C23H18ClF3N4O2. The lowest BCUT2D eigenvalue weighted by atomic mass is 10.1. The van der Waals surface area contributed by atoms with Crippen LogP contribution >= 0.6 is 11.6 Å². The number of aromatic nitrogens is 2. The highest BCUT2D eigenvalue weighted by Crippen LogP contribution is 2.37. The molecule has 1 unspecified atom stereocenters. The summed E-state index contributed by atoms with van der Waals surface area (Å²) < 4.78 is 47.6. The molecule has 1 atom stereocenters. The second-order valence-electron chi connectivity index (χ2n) is 7.84. The number of halogens is 4. The number of likely N-dealkylation sites (tertiary alicyclic amines) is 1. The van der Waals surface area contributed by atoms with E-state index in [1.165, 1.54) is 18.7 Å². The lowest BCUT2D eigenvalue weighted by Gasteiger charge is -2.17. The first kappa shape index (κ1) is 21.4. The normalized spacial score (nSPS) is 16.5. The van der Waals surface area contributed by atoms with Crippen LogP contribution < -0.4 is 5.32 Å². The molecule has 1 saturated heterocycles. The number of nitrogens with zero attached hydrogens (tertiary/aromatic N) is 3. The van der Waals surface area contributed by atoms with Crippen LogP contribution in [0.15, 0.2) is 65.6 Å². The highest BCUT2D eigenvalue weighted by molar-refractivity contribution is 6.33. The van der Waals surface area contributed by atoms with Crippen molar-refractivity contribution in [2.24, 2.45) is 0 Å². The van der Waals surface area contributed by atoms with E-state index in [1.54, 1.807) is 11.0 Å². The van der Waals surface area contributed by atoms with Crippen LogP contribution in [0.5, 0.6) is 0 Å². The summed E-state index contributed by atoms with van der Waals surface area (Å²) in [5.41, 5.74) is 0.0362. The Morgan fingerprint density at radius 3 is 2.67 bits per heavy atom. The first-order valence-electron chi connectivity index (χ1n) is 10.2. The summed E-state index contributed by atoms with van der Waals surface area (Å²) in [6.07, 6.45) is 0.135. The summed E-state index contributed by atoms with van der Waals surface area (Å²) in [6, 6.07) is 12.1. The number of benzene rings is 1. The van der Waals surface area contributed by atoms with E-state index >= 15 is 0 Å². The molecule has 0 spiro atoms. The predicted molar refractivity (Wildman–Crippen MR) is 117 cm³/mol. The molecule has 4 heterocycles. The van der Waals surface area contributed by atoms with Gasteiger partial charge in [-0.2, -0.15) is 13.2 Å². The van der Waals surface area contributed by atoms with Gasteiger partial charge in [-0.15, -0.1) is 0 Å². The summed E-state index contributed by atoms with van der Waals surface area (Å²) in [7, 11) is 0. The lowest BCUT2D eigenvalue weighted by molar-refractivity contribution is -0.136. The van der Waals surface area contributed by atoms with Crippen molar-refractivity contribution >= 4 is 28.8 Å². The largest absolute Gasteiger partial charge is 0.472 e. The quantitative estimate of drug-likeness (QED) is 0.418. The Balaban J connectivity index is 1.47. The smallest absolute Gasteiger partial charge is 0.420 e. The fourth-order valence-electron chi connectivity index (χ4n) is 4.03. The highest BCUT2D eigenvalue weighted by Gasteiger charge is 2.37. The Bertz CT molecular complexity index is 1300. The van der Waals surface area contributed by atoms with E-state index in [9.17, 15) is 18.0 Å². The second-order valence-corrected chi connectivity index (χ2v) is 8.20. The SMILES string of the molecule is O=C(c1nc2c(C(F)(F)F)cc(-c3ccoc3)cn2c1Cl)N1CCC(Nc2ccccc2)C1. The van der Waals surface area contributed by atoms with Gasteiger partial charge in [-0.25, -0.2) is 4.98 Å². The molecule has 1 aromatic carbocycles. The molecule has 33 heavy (non-hydrogen) atoms. The minimum Gasteiger partial charge on any atom is -0.472 e. The predicted octanol–water partition coefficient (Wildman–Crippen LogP) is 5.59. The van der Waals surface area contributed by atoms with E-state index < -0.39 is 23.3 Å². The maximum absolute atomic E-state index is 13.8. The minimum absolute atomic E-state index is 0.0191. The number of anilines is 1. The van der Waals surface area contributed by atoms with Gasteiger partial charge in [0.1, 0.15) is 5.15 Å². The fourth-order valence-corrected chi connectivity index (χ4v) is 4.28. The Labute approximate surface area is 191 Å². The third-order valence-corrected chi connectivity index (χ3v) is 6.01. The molecule has 1 aliphatic heterocycles. The van der Waals surface area contributed by atoms with Crippen LogP contribution in [0, 0.1) is 0 Å². The van der Waals surface area contributed by atoms with Gasteiger partial charge in [0.25, 0.3) is 5.91 Å². The van der Waals surface area contributed by atoms with Crippen LogP contribution in [0.4, 0.5) is 18.9 Å². The summed E-state index contributed by atoms with van der Waals surface area (Å²) >= 11 is 6.40. The Morgan fingerprint density at radius 1 is 1.18 bits per heavy atom. The highest BCUT2D eigenvalue weighted by atomic mass is 35.5. The molecule has 0 aliphatic carbocycles. The molecular weight excluding hydrogens is 457 g/mol. The number of furan rings is 1. The Hall–Kier alpha value is -3.46. The molecule has 170 valence electrons. The number of hydrogen-bond acceptors (Lipinski definition) is 4. The van der Waals surface area contributed by atoms with Gasteiger partial charge in [0, 0.05) is 42.1 Å². The summed E-state index contributed by atoms with van der Waals surface area (Å²) in [5.74, 6) is -0.501. The lowest BCUT2D eigenvalue weighted by Crippen LogP contribution is -2.32. The monoisotopic (exact) mass is 474 g/mol. The Morgan fingerprint density at radius 2 is 1.97 bits per heavy atom. The van der Waals surface area contributed by atoms with Crippen molar-refractivity contribution < 1.29 is 22.4 Å². The van der Waals surface area contributed by atoms with Crippen molar-refractivity contribution in [2.45, 2.75) is 18.6 Å². The number of alkyl halides is 3. The number of carbonyl (C=O) groups is 1. The van der Waals surface area contributed by atoms with E-state index in [0.717, 1.165) is 16.2 Å². The fraction of sp³-hybridized carbons (Fsp3) is 0.217. The Kier molecular flexibility index (Phi) is 5.28. The number of carbonyl (C=O) groups excluding carboxylic acids is 1. The van der Waals surface area contributed by atoms with E-state index in [2.05, 4.69) is 10.3 Å². The number of para-hydroxylation sites is 1. The van der Waals surface area contributed by atoms with Gasteiger partial charge in [0.05, 0.1) is 18.1 Å². The third-order valence-electron chi connectivity index (χ3n) is 5.64. The molecule has 6 nitrogen and oxygen atoms in total. The van der Waals surface area contributed by atoms with E-state index in [-0.39, 0.29) is 22.5 Å². The first-order valence-corrected chi connectivity index (χ1v) is 10.6. The van der Waals surface area contributed by atoms with Crippen molar-refractivity contribution in [1.82, 2.24) is 14.3 Å². The summed E-state index contributed by atoms with van der Waals surface area (Å²) in [6.45, 7) is 0.838. The molecule has 1 aliphatic rings. The van der Waals surface area contributed by atoms with E-state index in [4.69, 9.17) is 16.0 Å².